The van der Waals surface area contributed by atoms with Crippen molar-refractivity contribution in [3.05, 3.63) is 0 Å². The molecular formula is C12H24N2O2S2. The molecule has 18 heavy (non-hydrogen) atoms. The van der Waals surface area contributed by atoms with Crippen molar-refractivity contribution >= 4 is 27.2 Å². The highest BCUT2D eigenvalue weighted by molar-refractivity contribution is 7.89. The number of nitrogens with two attached hydrogens (primary N) is 1. The normalized spacial score (nSPS) is 22.9. The zero-order valence-electron chi connectivity index (χ0n) is 11.5. The van der Waals surface area contributed by atoms with Crippen LogP contribution in [0.2, 0.25) is 0 Å². The van der Waals surface area contributed by atoms with E-state index in [4.69, 9.17) is 18.0 Å². The van der Waals surface area contributed by atoms with Gasteiger partial charge in [0.1, 0.15) is 0 Å². The predicted molar refractivity (Wildman–Crippen MR) is 78.9 cm³/mol. The smallest absolute Gasteiger partial charge is 0.214 e. The van der Waals surface area contributed by atoms with Crippen molar-refractivity contribution in [3.8, 4) is 0 Å². The molecule has 1 aliphatic heterocycles. The average molecular weight is 292 g/mol. The molecule has 2 N–H and O–H groups in total. The molecule has 0 aromatic rings. The lowest BCUT2D eigenvalue weighted by Gasteiger charge is -2.32. The largest absolute Gasteiger partial charge is 0.393 e. The van der Waals surface area contributed by atoms with Crippen molar-refractivity contribution in [3.63, 3.8) is 0 Å². The van der Waals surface area contributed by atoms with Crippen molar-refractivity contribution in [2.75, 3.05) is 18.8 Å². The van der Waals surface area contributed by atoms with Crippen molar-refractivity contribution in [2.45, 2.75) is 40.0 Å². The second-order valence-electron chi connectivity index (χ2n) is 6.23. The number of thiocarbonyl (C=S) groups is 1. The van der Waals surface area contributed by atoms with E-state index in [9.17, 15) is 8.42 Å². The van der Waals surface area contributed by atoms with Gasteiger partial charge < -0.3 is 5.73 Å². The minimum Gasteiger partial charge on any atom is -0.393 e. The summed E-state index contributed by atoms with van der Waals surface area (Å²) in [6.45, 7) is 7.22. The highest BCUT2D eigenvalue weighted by atomic mass is 32.2. The van der Waals surface area contributed by atoms with Crippen LogP contribution in [-0.2, 0) is 10.0 Å². The predicted octanol–water partition coefficient (Wildman–Crippen LogP) is 1.75. The van der Waals surface area contributed by atoms with Crippen LogP contribution in [0.25, 0.3) is 0 Å². The van der Waals surface area contributed by atoms with Crippen LogP contribution in [0.5, 0.6) is 0 Å². The molecule has 0 amide bonds. The molecule has 0 aliphatic carbocycles. The minimum absolute atomic E-state index is 0.0332. The zero-order valence-corrected chi connectivity index (χ0v) is 13.1. The summed E-state index contributed by atoms with van der Waals surface area (Å²) in [4.78, 5) is 0.436. The molecule has 0 aromatic carbocycles. The van der Waals surface area contributed by atoms with E-state index in [1.54, 1.807) is 4.31 Å². The molecule has 1 aliphatic rings. The van der Waals surface area contributed by atoms with Crippen molar-refractivity contribution in [2.24, 2.45) is 17.1 Å². The fraction of sp³-hybridized carbons (Fsp3) is 0.917. The summed E-state index contributed by atoms with van der Waals surface area (Å²) in [5.74, 6) is 0.249. The molecule has 1 fully saturated rings. The van der Waals surface area contributed by atoms with Gasteiger partial charge in [0, 0.05) is 19.0 Å². The number of hydrogen-bond donors (Lipinski definition) is 1. The standard InChI is InChI=1S/C12H24N2O2S2/c1-12(2,3)6-8-18(15,16)14-7-4-5-10(9-14)11(13)17/h10H,4-9H2,1-3H3,(H2,13,17). The van der Waals surface area contributed by atoms with Gasteiger partial charge in [-0.05, 0) is 24.7 Å². The topological polar surface area (TPSA) is 63.4 Å². The van der Waals surface area contributed by atoms with Crippen LogP contribution in [0.1, 0.15) is 40.0 Å². The number of sulfonamides is 1. The lowest BCUT2D eigenvalue weighted by molar-refractivity contribution is 0.308. The second-order valence-corrected chi connectivity index (χ2v) is 8.79. The van der Waals surface area contributed by atoms with Gasteiger partial charge in [0.25, 0.3) is 0 Å². The molecule has 1 heterocycles. The van der Waals surface area contributed by atoms with Crippen molar-refractivity contribution in [1.29, 1.82) is 0 Å². The van der Waals surface area contributed by atoms with Crippen LogP contribution < -0.4 is 5.73 Å². The highest BCUT2D eigenvalue weighted by Gasteiger charge is 2.30. The van der Waals surface area contributed by atoms with Gasteiger partial charge in [-0.3, -0.25) is 0 Å². The molecule has 0 saturated carbocycles. The van der Waals surface area contributed by atoms with Gasteiger partial charge in [0.2, 0.25) is 10.0 Å². The van der Waals surface area contributed by atoms with E-state index < -0.39 is 10.0 Å². The summed E-state index contributed by atoms with van der Waals surface area (Å²) in [6.07, 6.45) is 2.42. The van der Waals surface area contributed by atoms with E-state index in [-0.39, 0.29) is 17.1 Å². The molecule has 1 unspecified atom stereocenters. The first-order valence-electron chi connectivity index (χ1n) is 6.39. The number of rotatable bonds is 4. The minimum atomic E-state index is -3.16. The quantitative estimate of drug-likeness (QED) is 0.802. The fourth-order valence-electron chi connectivity index (χ4n) is 1.99. The van der Waals surface area contributed by atoms with Crippen molar-refractivity contribution < 1.29 is 8.42 Å². The summed E-state index contributed by atoms with van der Waals surface area (Å²) in [5, 5.41) is 0. The average Bonchev–Trinajstić information content (AvgIpc) is 2.26. The van der Waals surface area contributed by atoms with Crippen molar-refractivity contribution in [1.82, 2.24) is 4.31 Å². The number of piperidine rings is 1. The first-order chi connectivity index (χ1) is 8.12. The maximum absolute atomic E-state index is 12.2. The van der Waals surface area contributed by atoms with E-state index in [1.165, 1.54) is 0 Å². The Morgan fingerprint density at radius 3 is 2.56 bits per heavy atom. The molecule has 1 atom stereocenters. The maximum atomic E-state index is 12.2. The zero-order chi connectivity index (χ0) is 14.0. The fourth-order valence-corrected chi connectivity index (χ4v) is 4.13. The Morgan fingerprint density at radius 1 is 1.44 bits per heavy atom. The third-order valence-electron chi connectivity index (χ3n) is 3.29. The maximum Gasteiger partial charge on any atom is 0.214 e. The van der Waals surface area contributed by atoms with E-state index in [0.29, 0.717) is 24.5 Å². The summed E-state index contributed by atoms with van der Waals surface area (Å²) in [6, 6.07) is 0. The first-order valence-corrected chi connectivity index (χ1v) is 8.41. The molecule has 106 valence electrons. The molecule has 1 rings (SSSR count). The Bertz CT molecular complexity index is 399. The first kappa shape index (κ1) is 15.9. The Labute approximate surface area is 116 Å². The Balaban J connectivity index is 2.64. The van der Waals surface area contributed by atoms with Crippen LogP contribution in [0.4, 0.5) is 0 Å². The molecule has 0 bridgehead atoms. The number of hydrogen-bond acceptors (Lipinski definition) is 3. The van der Waals surface area contributed by atoms with Gasteiger partial charge in [-0.2, -0.15) is 0 Å². The number of nitrogens with zero attached hydrogens (tertiary/aromatic N) is 1. The molecule has 1 saturated heterocycles. The van der Waals surface area contributed by atoms with Crippen LogP contribution in [0, 0.1) is 11.3 Å². The van der Waals surface area contributed by atoms with E-state index in [2.05, 4.69) is 20.8 Å². The molecule has 4 nitrogen and oxygen atoms in total. The van der Waals surface area contributed by atoms with Gasteiger partial charge >= 0.3 is 0 Å². The Kier molecular flexibility index (Phi) is 5.14. The Morgan fingerprint density at radius 2 is 2.06 bits per heavy atom. The van der Waals surface area contributed by atoms with E-state index >= 15 is 0 Å². The van der Waals surface area contributed by atoms with Gasteiger partial charge in [0.15, 0.2) is 0 Å². The molecule has 0 aromatic heterocycles. The highest BCUT2D eigenvalue weighted by Crippen LogP contribution is 2.24. The summed E-state index contributed by atoms with van der Waals surface area (Å²) >= 11 is 4.97. The van der Waals surface area contributed by atoms with Crippen LogP contribution in [-0.4, -0.2) is 36.6 Å². The van der Waals surface area contributed by atoms with Gasteiger partial charge in [-0.1, -0.05) is 33.0 Å². The lowest BCUT2D eigenvalue weighted by atomic mass is 9.94. The molecule has 0 radical (unpaired) electrons. The monoisotopic (exact) mass is 292 g/mol. The second kappa shape index (κ2) is 5.84. The molecular weight excluding hydrogens is 268 g/mol. The van der Waals surface area contributed by atoms with Gasteiger partial charge in [-0.15, -0.1) is 0 Å². The summed E-state index contributed by atoms with van der Waals surface area (Å²) in [5.41, 5.74) is 5.66. The third-order valence-corrected chi connectivity index (χ3v) is 5.46. The van der Waals surface area contributed by atoms with Crippen LogP contribution in [0.3, 0.4) is 0 Å². The van der Waals surface area contributed by atoms with Crippen LogP contribution in [0.15, 0.2) is 0 Å². The summed E-state index contributed by atoms with van der Waals surface area (Å²) < 4.78 is 26.0. The van der Waals surface area contributed by atoms with Gasteiger partial charge in [-0.25, -0.2) is 12.7 Å². The van der Waals surface area contributed by atoms with E-state index in [0.717, 1.165) is 12.8 Å². The summed E-state index contributed by atoms with van der Waals surface area (Å²) in [7, 11) is -3.16. The van der Waals surface area contributed by atoms with E-state index in [1.807, 2.05) is 0 Å². The Hall–Kier alpha value is -0.200. The SMILES string of the molecule is CC(C)(C)CCS(=O)(=O)N1CCCC(C(N)=S)C1. The van der Waals surface area contributed by atoms with Gasteiger partial charge in [0.05, 0.1) is 10.7 Å². The lowest BCUT2D eigenvalue weighted by Crippen LogP contribution is -2.44. The molecule has 0 spiro atoms. The third kappa shape index (κ3) is 4.82. The van der Waals surface area contributed by atoms with Crippen LogP contribution >= 0.6 is 12.2 Å². The molecule has 6 heteroatoms.